The standard InChI is InChI=1S/C23H41/c1-2-3-5-8-19-11-13-21(14-12-19)23-17-15-22(16-18-23)20-9-6-4-7-10-20/h19,21-23H,2-18H2,1H3. The molecule has 3 aliphatic rings. The van der Waals surface area contributed by atoms with Crippen LogP contribution in [0.3, 0.4) is 0 Å². The fourth-order valence-corrected chi connectivity index (χ4v) is 6.04. The van der Waals surface area contributed by atoms with Gasteiger partial charge in [-0.25, -0.2) is 0 Å². The molecule has 0 heterocycles. The van der Waals surface area contributed by atoms with Crippen molar-refractivity contribution in [1.82, 2.24) is 0 Å². The summed E-state index contributed by atoms with van der Waals surface area (Å²) >= 11 is 0. The lowest BCUT2D eigenvalue weighted by atomic mass is 9.65. The molecule has 3 saturated carbocycles. The summed E-state index contributed by atoms with van der Waals surface area (Å²) < 4.78 is 0. The summed E-state index contributed by atoms with van der Waals surface area (Å²) in [5.41, 5.74) is 0. The molecule has 0 aromatic rings. The Labute approximate surface area is 146 Å². The van der Waals surface area contributed by atoms with Crippen molar-refractivity contribution in [3.8, 4) is 0 Å². The topological polar surface area (TPSA) is 0 Å². The molecule has 0 nitrogen and oxygen atoms in total. The van der Waals surface area contributed by atoms with E-state index in [9.17, 15) is 0 Å². The first-order chi connectivity index (χ1) is 11.4. The van der Waals surface area contributed by atoms with Gasteiger partial charge in [-0.15, -0.1) is 0 Å². The molecule has 23 heavy (non-hydrogen) atoms. The number of unbranched alkanes of at least 4 members (excludes halogenated alkanes) is 2. The second-order valence-electron chi connectivity index (χ2n) is 9.11. The molecule has 0 N–H and O–H groups in total. The van der Waals surface area contributed by atoms with E-state index in [2.05, 4.69) is 6.92 Å². The van der Waals surface area contributed by atoms with Crippen LogP contribution in [-0.4, -0.2) is 0 Å². The summed E-state index contributed by atoms with van der Waals surface area (Å²) in [6.45, 7) is 2.33. The van der Waals surface area contributed by atoms with Gasteiger partial charge in [0.05, 0.1) is 0 Å². The van der Waals surface area contributed by atoms with Gasteiger partial charge in [-0.1, -0.05) is 64.7 Å². The molecule has 3 fully saturated rings. The van der Waals surface area contributed by atoms with E-state index in [1.807, 2.05) is 5.92 Å². The van der Waals surface area contributed by atoms with Gasteiger partial charge in [-0.05, 0) is 81.0 Å². The summed E-state index contributed by atoms with van der Waals surface area (Å²) in [6, 6.07) is 0. The minimum atomic E-state index is 1.04. The molecular weight excluding hydrogens is 276 g/mol. The summed E-state index contributed by atoms with van der Waals surface area (Å²) in [5.74, 6) is 6.32. The second kappa shape index (κ2) is 9.47. The third-order valence-corrected chi connectivity index (χ3v) is 7.62. The van der Waals surface area contributed by atoms with Gasteiger partial charge in [0.1, 0.15) is 0 Å². The van der Waals surface area contributed by atoms with E-state index >= 15 is 0 Å². The average Bonchev–Trinajstić information content (AvgIpc) is 2.63. The van der Waals surface area contributed by atoms with Crippen LogP contribution in [0, 0.1) is 29.6 Å². The fourth-order valence-electron chi connectivity index (χ4n) is 6.04. The molecule has 133 valence electrons. The number of hydrogen-bond acceptors (Lipinski definition) is 0. The quantitative estimate of drug-likeness (QED) is 0.440. The van der Waals surface area contributed by atoms with Crippen LogP contribution in [0.25, 0.3) is 0 Å². The molecule has 1 radical (unpaired) electrons. The summed E-state index contributed by atoms with van der Waals surface area (Å²) in [6.07, 6.45) is 25.8. The molecular formula is C23H41. The predicted octanol–water partition coefficient (Wildman–Crippen LogP) is 7.72. The molecule has 0 saturated heterocycles. The van der Waals surface area contributed by atoms with Gasteiger partial charge in [0.15, 0.2) is 0 Å². The predicted molar refractivity (Wildman–Crippen MR) is 101 cm³/mol. The highest BCUT2D eigenvalue weighted by atomic mass is 14.4. The first kappa shape index (κ1) is 17.8. The first-order valence-electron chi connectivity index (χ1n) is 11.2. The van der Waals surface area contributed by atoms with Crippen molar-refractivity contribution < 1.29 is 0 Å². The Kier molecular flexibility index (Phi) is 7.34. The molecule has 0 bridgehead atoms. The lowest BCUT2D eigenvalue weighted by Crippen LogP contribution is -2.28. The van der Waals surface area contributed by atoms with E-state index in [1.54, 1.807) is 51.4 Å². The lowest BCUT2D eigenvalue weighted by molar-refractivity contribution is 0.141. The van der Waals surface area contributed by atoms with Crippen LogP contribution in [0.4, 0.5) is 0 Å². The van der Waals surface area contributed by atoms with Gasteiger partial charge >= 0.3 is 0 Å². The molecule has 0 spiro atoms. The molecule has 0 aliphatic heterocycles. The van der Waals surface area contributed by atoms with Crippen molar-refractivity contribution in [2.75, 3.05) is 0 Å². The Morgan fingerprint density at radius 1 is 0.696 bits per heavy atom. The maximum absolute atomic E-state index is 2.33. The smallest absolute Gasteiger partial charge is 0.0210 e. The van der Waals surface area contributed by atoms with E-state index in [-0.39, 0.29) is 0 Å². The number of rotatable bonds is 6. The monoisotopic (exact) mass is 317 g/mol. The van der Waals surface area contributed by atoms with Crippen LogP contribution in [0.2, 0.25) is 0 Å². The molecule has 3 rings (SSSR count). The molecule has 0 unspecified atom stereocenters. The highest BCUT2D eigenvalue weighted by Gasteiger charge is 2.33. The second-order valence-corrected chi connectivity index (χ2v) is 9.11. The van der Waals surface area contributed by atoms with E-state index in [0.29, 0.717) is 0 Å². The Balaban J connectivity index is 1.34. The zero-order valence-corrected chi connectivity index (χ0v) is 15.8. The van der Waals surface area contributed by atoms with E-state index in [0.717, 1.165) is 23.7 Å². The van der Waals surface area contributed by atoms with Crippen LogP contribution in [0.1, 0.15) is 116 Å². The zero-order chi connectivity index (χ0) is 15.9. The Morgan fingerprint density at radius 3 is 1.91 bits per heavy atom. The van der Waals surface area contributed by atoms with Crippen molar-refractivity contribution in [1.29, 1.82) is 0 Å². The maximum atomic E-state index is 2.33. The first-order valence-corrected chi connectivity index (χ1v) is 11.2. The van der Waals surface area contributed by atoms with E-state index in [4.69, 9.17) is 0 Å². The minimum absolute atomic E-state index is 1.04. The Bertz CT molecular complexity index is 298. The van der Waals surface area contributed by atoms with Gasteiger partial charge < -0.3 is 0 Å². The van der Waals surface area contributed by atoms with Crippen molar-refractivity contribution in [3.05, 3.63) is 5.92 Å². The minimum Gasteiger partial charge on any atom is -0.0654 e. The summed E-state index contributed by atoms with van der Waals surface area (Å²) in [7, 11) is 0. The van der Waals surface area contributed by atoms with Crippen molar-refractivity contribution >= 4 is 0 Å². The van der Waals surface area contributed by atoms with Gasteiger partial charge in [0.25, 0.3) is 0 Å². The Hall–Kier alpha value is 0. The number of hydrogen-bond donors (Lipinski definition) is 0. The van der Waals surface area contributed by atoms with Crippen LogP contribution >= 0.6 is 0 Å². The fraction of sp³-hybridized carbons (Fsp3) is 0.957. The molecule has 0 atom stereocenters. The van der Waals surface area contributed by atoms with Gasteiger partial charge in [0, 0.05) is 0 Å². The summed E-state index contributed by atoms with van der Waals surface area (Å²) in [5, 5.41) is 0. The third-order valence-electron chi connectivity index (χ3n) is 7.62. The third kappa shape index (κ3) is 5.23. The molecule has 0 heteroatoms. The molecule has 0 aromatic carbocycles. The van der Waals surface area contributed by atoms with Crippen LogP contribution in [0.5, 0.6) is 0 Å². The molecule has 0 amide bonds. The normalized spacial score (nSPS) is 36.9. The van der Waals surface area contributed by atoms with Crippen molar-refractivity contribution in [3.63, 3.8) is 0 Å². The zero-order valence-electron chi connectivity index (χ0n) is 15.8. The van der Waals surface area contributed by atoms with E-state index < -0.39 is 0 Å². The van der Waals surface area contributed by atoms with Gasteiger partial charge in [-0.2, -0.15) is 0 Å². The van der Waals surface area contributed by atoms with E-state index in [1.165, 1.54) is 57.8 Å². The molecule has 0 aromatic heterocycles. The molecule has 3 aliphatic carbocycles. The SMILES string of the molecule is CCCCCC1CCC(C2CCC([C]3CCCCC3)CC2)CC1. The van der Waals surface area contributed by atoms with Gasteiger partial charge in [0.2, 0.25) is 0 Å². The summed E-state index contributed by atoms with van der Waals surface area (Å²) in [4.78, 5) is 0. The highest BCUT2D eigenvalue weighted by Crippen LogP contribution is 2.46. The van der Waals surface area contributed by atoms with Crippen LogP contribution in [-0.2, 0) is 0 Å². The highest BCUT2D eigenvalue weighted by molar-refractivity contribution is 5.00. The van der Waals surface area contributed by atoms with Crippen molar-refractivity contribution in [2.45, 2.75) is 116 Å². The van der Waals surface area contributed by atoms with Crippen molar-refractivity contribution in [2.24, 2.45) is 23.7 Å². The van der Waals surface area contributed by atoms with Crippen LogP contribution in [0.15, 0.2) is 0 Å². The maximum Gasteiger partial charge on any atom is -0.0210 e. The Morgan fingerprint density at radius 2 is 1.30 bits per heavy atom. The van der Waals surface area contributed by atoms with Gasteiger partial charge in [-0.3, -0.25) is 0 Å². The van der Waals surface area contributed by atoms with Crippen LogP contribution < -0.4 is 0 Å². The average molecular weight is 318 g/mol. The largest absolute Gasteiger partial charge is 0.0654 e. The lowest BCUT2D eigenvalue weighted by Gasteiger charge is -2.40.